The first kappa shape index (κ1) is 12.9. The molecule has 1 fully saturated rings. The summed E-state index contributed by atoms with van der Waals surface area (Å²) in [7, 11) is 0. The van der Waals surface area contributed by atoms with Gasteiger partial charge in [0, 0.05) is 18.0 Å². The molecule has 2 heterocycles. The number of nitrogens with one attached hydrogen (secondary N) is 1. The number of pyridine rings is 1. The molecule has 4 atom stereocenters. The predicted molar refractivity (Wildman–Crippen MR) is 59.5 cm³/mol. The second-order valence-electron chi connectivity index (χ2n) is 3.97. The van der Waals surface area contributed by atoms with Gasteiger partial charge in [-0.1, -0.05) is 0 Å². The van der Waals surface area contributed by atoms with Crippen LogP contribution >= 0.6 is 0 Å². The van der Waals surface area contributed by atoms with Crippen LogP contribution in [0.4, 0.5) is 0 Å². The minimum absolute atomic E-state index is 0.364. The number of carbonyl (C=O) groups is 1. The van der Waals surface area contributed by atoms with Crippen LogP contribution in [0.3, 0.4) is 0 Å². The number of nitrogens with zero attached hydrogens (tertiary/aromatic N) is 1. The van der Waals surface area contributed by atoms with Crippen LogP contribution in [0.15, 0.2) is 24.5 Å². The third kappa shape index (κ3) is 2.49. The van der Waals surface area contributed by atoms with Gasteiger partial charge in [0.1, 0.15) is 18.3 Å². The predicted octanol–water partition coefficient (Wildman–Crippen LogP) is -1.75. The fraction of sp³-hybridized carbons (Fsp3) is 0.455. The van der Waals surface area contributed by atoms with Crippen molar-refractivity contribution < 1.29 is 24.9 Å². The van der Waals surface area contributed by atoms with E-state index in [-0.39, 0.29) is 0 Å². The topological polar surface area (TPSA) is 112 Å². The van der Waals surface area contributed by atoms with Gasteiger partial charge in [0.25, 0.3) is 5.91 Å². The number of carbonyl (C=O) groups excluding carboxylic acids is 1. The van der Waals surface area contributed by atoms with Crippen molar-refractivity contribution in [3.63, 3.8) is 0 Å². The maximum atomic E-state index is 11.8. The Morgan fingerprint density at radius 3 is 2.56 bits per heavy atom. The number of hydrogen-bond donors (Lipinski definition) is 4. The highest BCUT2D eigenvalue weighted by Crippen LogP contribution is 2.19. The lowest BCUT2D eigenvalue weighted by Crippen LogP contribution is -2.43. The summed E-state index contributed by atoms with van der Waals surface area (Å²) >= 11 is 0. The van der Waals surface area contributed by atoms with Crippen LogP contribution in [0, 0.1) is 0 Å². The lowest BCUT2D eigenvalue weighted by Gasteiger charge is -2.16. The molecule has 1 aliphatic heterocycles. The van der Waals surface area contributed by atoms with E-state index in [1.807, 2.05) is 0 Å². The van der Waals surface area contributed by atoms with E-state index in [9.17, 15) is 15.0 Å². The molecule has 7 nitrogen and oxygen atoms in total. The summed E-state index contributed by atoms with van der Waals surface area (Å²) in [6, 6.07) is 3.02. The molecule has 0 aromatic carbocycles. The minimum Gasteiger partial charge on any atom is -0.394 e. The molecular formula is C11H14N2O5. The van der Waals surface area contributed by atoms with Gasteiger partial charge in [0.15, 0.2) is 6.23 Å². The highest BCUT2D eigenvalue weighted by molar-refractivity contribution is 5.94. The molecular weight excluding hydrogens is 240 g/mol. The van der Waals surface area contributed by atoms with Crippen LogP contribution in [0.1, 0.15) is 10.4 Å². The van der Waals surface area contributed by atoms with Gasteiger partial charge in [0.2, 0.25) is 0 Å². The van der Waals surface area contributed by atoms with E-state index >= 15 is 0 Å². The van der Waals surface area contributed by atoms with E-state index in [0.29, 0.717) is 5.56 Å². The van der Waals surface area contributed by atoms with Gasteiger partial charge < -0.3 is 25.4 Å². The fourth-order valence-electron chi connectivity index (χ4n) is 1.73. The lowest BCUT2D eigenvalue weighted by atomic mass is 10.1. The van der Waals surface area contributed by atoms with Crippen molar-refractivity contribution >= 4 is 5.91 Å². The maximum Gasteiger partial charge on any atom is 0.253 e. The minimum atomic E-state index is -1.27. The van der Waals surface area contributed by atoms with E-state index in [0.717, 1.165) is 0 Å². The van der Waals surface area contributed by atoms with Gasteiger partial charge in [-0.05, 0) is 12.1 Å². The second-order valence-corrected chi connectivity index (χ2v) is 3.97. The zero-order valence-corrected chi connectivity index (χ0v) is 9.43. The number of rotatable bonds is 3. The Morgan fingerprint density at radius 1 is 1.33 bits per heavy atom. The van der Waals surface area contributed by atoms with Gasteiger partial charge in [0.05, 0.1) is 6.61 Å². The van der Waals surface area contributed by atoms with E-state index in [1.54, 1.807) is 0 Å². The first-order chi connectivity index (χ1) is 8.63. The average molecular weight is 254 g/mol. The van der Waals surface area contributed by atoms with Gasteiger partial charge in [-0.25, -0.2) is 0 Å². The van der Waals surface area contributed by atoms with Crippen molar-refractivity contribution in [3.05, 3.63) is 30.1 Å². The number of aliphatic hydroxyl groups excluding tert-OH is 3. The Labute approximate surface area is 103 Å². The molecule has 1 amide bonds. The molecule has 98 valence electrons. The Morgan fingerprint density at radius 2 is 2.00 bits per heavy atom. The molecule has 7 heteroatoms. The number of hydrogen-bond acceptors (Lipinski definition) is 6. The summed E-state index contributed by atoms with van der Waals surface area (Å²) < 4.78 is 5.13. The van der Waals surface area contributed by atoms with Crippen molar-refractivity contribution in [2.45, 2.75) is 24.5 Å². The van der Waals surface area contributed by atoms with E-state index in [4.69, 9.17) is 9.84 Å². The third-order valence-electron chi connectivity index (χ3n) is 2.76. The average Bonchev–Trinajstić information content (AvgIpc) is 2.67. The smallest absolute Gasteiger partial charge is 0.253 e. The van der Waals surface area contributed by atoms with Crippen molar-refractivity contribution in [1.82, 2.24) is 10.3 Å². The van der Waals surface area contributed by atoms with Crippen LogP contribution in [-0.4, -0.2) is 57.4 Å². The molecule has 0 radical (unpaired) electrons. The molecule has 0 saturated carbocycles. The lowest BCUT2D eigenvalue weighted by molar-refractivity contribution is -0.0304. The van der Waals surface area contributed by atoms with Crippen molar-refractivity contribution in [1.29, 1.82) is 0 Å². The van der Waals surface area contributed by atoms with E-state index in [2.05, 4.69) is 10.3 Å². The van der Waals surface area contributed by atoms with Gasteiger partial charge in [-0.3, -0.25) is 9.78 Å². The van der Waals surface area contributed by atoms with Crippen molar-refractivity contribution in [3.8, 4) is 0 Å². The largest absolute Gasteiger partial charge is 0.394 e. The third-order valence-corrected chi connectivity index (χ3v) is 2.76. The molecule has 1 aliphatic rings. The number of amides is 1. The molecule has 4 N–H and O–H groups in total. The molecule has 0 spiro atoms. The zero-order valence-electron chi connectivity index (χ0n) is 9.43. The Balaban J connectivity index is 2.00. The summed E-state index contributed by atoms with van der Waals surface area (Å²) in [6.07, 6.45) is -1.51. The van der Waals surface area contributed by atoms with E-state index in [1.165, 1.54) is 24.5 Å². The Bertz CT molecular complexity index is 413. The highest BCUT2D eigenvalue weighted by Gasteiger charge is 2.43. The molecule has 18 heavy (non-hydrogen) atoms. The normalized spacial score (nSPS) is 31.3. The molecule has 0 aliphatic carbocycles. The number of aromatic nitrogens is 1. The Kier molecular flexibility index (Phi) is 3.87. The molecule has 1 aromatic heterocycles. The summed E-state index contributed by atoms with van der Waals surface area (Å²) in [5.74, 6) is -0.452. The zero-order chi connectivity index (χ0) is 13.1. The van der Waals surface area contributed by atoms with Gasteiger partial charge in [-0.15, -0.1) is 0 Å². The fourth-order valence-corrected chi connectivity index (χ4v) is 1.73. The summed E-state index contributed by atoms with van der Waals surface area (Å²) in [6.45, 7) is -0.431. The molecule has 2 rings (SSSR count). The SMILES string of the molecule is O=C(NC1O[C@H](CO)[C@@H](O)[C@H]1O)c1ccncc1. The quantitative estimate of drug-likeness (QED) is 0.509. The maximum absolute atomic E-state index is 11.8. The highest BCUT2D eigenvalue weighted by atomic mass is 16.6. The molecule has 1 saturated heterocycles. The molecule has 0 bridgehead atoms. The van der Waals surface area contributed by atoms with Crippen molar-refractivity contribution in [2.24, 2.45) is 0 Å². The van der Waals surface area contributed by atoms with Crippen LogP contribution in [0.2, 0.25) is 0 Å². The van der Waals surface area contributed by atoms with Crippen LogP contribution < -0.4 is 5.32 Å². The second kappa shape index (κ2) is 5.40. The Hall–Kier alpha value is -1.54. The standard InChI is InChI=1S/C11H14N2O5/c14-5-7-8(15)9(16)11(18-7)13-10(17)6-1-3-12-4-2-6/h1-4,7-9,11,14-16H,5H2,(H,13,17)/t7-,8-,9-,11?/m1/s1. The van der Waals surface area contributed by atoms with E-state index < -0.39 is 37.1 Å². The summed E-state index contributed by atoms with van der Waals surface area (Å²) in [5.41, 5.74) is 0.364. The first-order valence-corrected chi connectivity index (χ1v) is 5.47. The van der Waals surface area contributed by atoms with Crippen molar-refractivity contribution in [2.75, 3.05) is 6.61 Å². The van der Waals surface area contributed by atoms with Gasteiger partial charge in [-0.2, -0.15) is 0 Å². The molecule has 1 unspecified atom stereocenters. The monoisotopic (exact) mass is 254 g/mol. The van der Waals surface area contributed by atoms with Crippen LogP contribution in [0.25, 0.3) is 0 Å². The summed E-state index contributed by atoms with van der Waals surface area (Å²) in [5, 5.41) is 30.5. The number of aliphatic hydroxyl groups is 3. The van der Waals surface area contributed by atoms with Crippen LogP contribution in [0.5, 0.6) is 0 Å². The van der Waals surface area contributed by atoms with Crippen LogP contribution in [-0.2, 0) is 4.74 Å². The number of ether oxygens (including phenoxy) is 1. The molecule has 1 aromatic rings. The summed E-state index contributed by atoms with van der Waals surface area (Å²) in [4.78, 5) is 15.6. The first-order valence-electron chi connectivity index (χ1n) is 5.47. The van der Waals surface area contributed by atoms with Gasteiger partial charge >= 0.3 is 0 Å².